The summed E-state index contributed by atoms with van der Waals surface area (Å²) in [6.45, 7) is 4.06. The molecule has 0 radical (unpaired) electrons. The van der Waals surface area contributed by atoms with E-state index < -0.39 is 5.97 Å². The van der Waals surface area contributed by atoms with Gasteiger partial charge in [0.25, 0.3) is 5.91 Å². The number of esters is 1. The van der Waals surface area contributed by atoms with Crippen molar-refractivity contribution in [3.8, 4) is 5.75 Å². The Morgan fingerprint density at radius 1 is 1.12 bits per heavy atom. The maximum Gasteiger partial charge on any atom is 0.306 e. The summed E-state index contributed by atoms with van der Waals surface area (Å²) in [5, 5.41) is 2.63. The summed E-state index contributed by atoms with van der Waals surface area (Å²) < 4.78 is 10.1. The minimum Gasteiger partial charge on any atom is -0.497 e. The highest BCUT2D eigenvalue weighted by Gasteiger charge is 2.17. The summed E-state index contributed by atoms with van der Waals surface area (Å²) in [6.07, 6.45) is 0.704. The Kier molecular flexibility index (Phi) is 9.06. The molecule has 0 fully saturated rings. The van der Waals surface area contributed by atoms with E-state index in [0.717, 1.165) is 11.3 Å². The molecule has 0 aliphatic carbocycles. The van der Waals surface area contributed by atoms with Crippen LogP contribution in [0.15, 0.2) is 24.3 Å². The molecule has 0 saturated heterocycles. The molecule has 1 N–H and O–H groups in total. The van der Waals surface area contributed by atoms with Crippen LogP contribution in [-0.2, 0) is 25.5 Å². The van der Waals surface area contributed by atoms with Gasteiger partial charge >= 0.3 is 5.97 Å². The quantitative estimate of drug-likeness (QED) is 0.640. The normalized spacial score (nSPS) is 10.0. The number of carbonyl (C=O) groups is 3. The molecule has 2 amide bonds. The summed E-state index contributed by atoms with van der Waals surface area (Å²) in [4.78, 5) is 36.7. The van der Waals surface area contributed by atoms with E-state index in [1.807, 2.05) is 24.3 Å². The molecule has 0 bridgehead atoms. The number of methoxy groups -OCH3 is 1. The van der Waals surface area contributed by atoms with Crippen molar-refractivity contribution in [1.29, 1.82) is 0 Å². The van der Waals surface area contributed by atoms with Gasteiger partial charge in [0.15, 0.2) is 6.61 Å². The van der Waals surface area contributed by atoms with E-state index >= 15 is 0 Å². The van der Waals surface area contributed by atoms with Crippen LogP contribution in [0.4, 0.5) is 0 Å². The van der Waals surface area contributed by atoms with Gasteiger partial charge in [0.1, 0.15) is 5.75 Å². The van der Waals surface area contributed by atoms with E-state index in [-0.39, 0.29) is 31.4 Å². The zero-order chi connectivity index (χ0) is 18.7. The predicted molar refractivity (Wildman–Crippen MR) is 93.2 cm³/mol. The number of benzene rings is 1. The van der Waals surface area contributed by atoms with Crippen molar-refractivity contribution < 1.29 is 23.9 Å². The lowest BCUT2D eigenvalue weighted by Gasteiger charge is -2.20. The number of amides is 2. The van der Waals surface area contributed by atoms with Crippen LogP contribution in [0, 0.1) is 0 Å². The molecule has 7 nitrogen and oxygen atoms in total. The summed E-state index contributed by atoms with van der Waals surface area (Å²) in [7, 11) is 1.59. The van der Waals surface area contributed by atoms with E-state index in [9.17, 15) is 14.4 Å². The van der Waals surface area contributed by atoms with Gasteiger partial charge in [0.05, 0.1) is 13.7 Å². The maximum atomic E-state index is 12.0. The van der Waals surface area contributed by atoms with Crippen molar-refractivity contribution >= 4 is 17.8 Å². The van der Waals surface area contributed by atoms with Gasteiger partial charge in [-0.1, -0.05) is 12.1 Å². The van der Waals surface area contributed by atoms with Crippen molar-refractivity contribution in [3.63, 3.8) is 0 Å². The van der Waals surface area contributed by atoms with Crippen LogP contribution in [0.1, 0.15) is 25.8 Å². The molecule has 1 aromatic rings. The average molecular weight is 350 g/mol. The van der Waals surface area contributed by atoms with E-state index in [2.05, 4.69) is 5.32 Å². The third kappa shape index (κ3) is 7.69. The Morgan fingerprint density at radius 3 is 2.36 bits per heavy atom. The Hall–Kier alpha value is -2.57. The molecule has 1 aromatic carbocycles. The summed E-state index contributed by atoms with van der Waals surface area (Å²) in [5.74, 6) is -0.308. The van der Waals surface area contributed by atoms with E-state index in [1.54, 1.807) is 21.0 Å². The van der Waals surface area contributed by atoms with Gasteiger partial charge in [-0.05, 0) is 38.0 Å². The largest absolute Gasteiger partial charge is 0.497 e. The topological polar surface area (TPSA) is 84.9 Å². The van der Waals surface area contributed by atoms with Crippen LogP contribution in [0.25, 0.3) is 0 Å². The molecule has 7 heteroatoms. The van der Waals surface area contributed by atoms with Crippen molar-refractivity contribution in [3.05, 3.63) is 29.8 Å². The number of ether oxygens (including phenoxy) is 2. The summed E-state index contributed by atoms with van der Waals surface area (Å²) in [6, 6.07) is 7.40. The lowest BCUT2D eigenvalue weighted by Crippen LogP contribution is -2.42. The number of nitrogens with zero attached hydrogens (tertiary/aromatic N) is 1. The molecule has 1 rings (SSSR count). The predicted octanol–water partition coefficient (Wildman–Crippen LogP) is 1.16. The lowest BCUT2D eigenvalue weighted by molar-refractivity contribution is -0.152. The van der Waals surface area contributed by atoms with Gasteiger partial charge in [0, 0.05) is 19.5 Å². The first-order valence-corrected chi connectivity index (χ1v) is 8.33. The number of aryl methyl sites for hydroxylation is 1. The first-order valence-electron chi connectivity index (χ1n) is 8.33. The average Bonchev–Trinajstić information content (AvgIpc) is 2.63. The van der Waals surface area contributed by atoms with E-state index in [0.29, 0.717) is 19.5 Å². The first-order chi connectivity index (χ1) is 12.0. The SMILES string of the molecule is CCNC(=O)CN(CC)C(=O)COC(=O)CCc1ccc(OC)cc1. The third-order valence-electron chi connectivity index (χ3n) is 3.58. The van der Waals surface area contributed by atoms with Crippen LogP contribution < -0.4 is 10.1 Å². The van der Waals surface area contributed by atoms with Gasteiger partial charge in [-0.25, -0.2) is 0 Å². The number of hydrogen-bond donors (Lipinski definition) is 1. The zero-order valence-electron chi connectivity index (χ0n) is 15.0. The van der Waals surface area contributed by atoms with Gasteiger partial charge in [-0.3, -0.25) is 14.4 Å². The number of hydrogen-bond acceptors (Lipinski definition) is 5. The fraction of sp³-hybridized carbons (Fsp3) is 0.500. The zero-order valence-corrected chi connectivity index (χ0v) is 15.0. The second-order valence-electron chi connectivity index (χ2n) is 5.37. The molecule has 0 unspecified atom stereocenters. The molecule has 0 saturated carbocycles. The smallest absolute Gasteiger partial charge is 0.306 e. The Morgan fingerprint density at radius 2 is 1.80 bits per heavy atom. The fourth-order valence-corrected chi connectivity index (χ4v) is 2.15. The number of rotatable bonds is 10. The standard InChI is InChI=1S/C18H26N2O5/c1-4-19-16(21)12-20(5-2)17(22)13-25-18(23)11-8-14-6-9-15(24-3)10-7-14/h6-7,9-10H,4-5,8,11-13H2,1-3H3,(H,19,21). The summed E-state index contributed by atoms with van der Waals surface area (Å²) >= 11 is 0. The van der Waals surface area contributed by atoms with E-state index in [1.165, 1.54) is 4.90 Å². The van der Waals surface area contributed by atoms with Crippen LogP contribution in [0.3, 0.4) is 0 Å². The summed E-state index contributed by atoms with van der Waals surface area (Å²) in [5.41, 5.74) is 0.982. The van der Waals surface area contributed by atoms with Gasteiger partial charge in [-0.2, -0.15) is 0 Å². The highest BCUT2D eigenvalue weighted by molar-refractivity contribution is 5.86. The molecule has 0 aromatic heterocycles. The van der Waals surface area contributed by atoms with E-state index in [4.69, 9.17) is 9.47 Å². The number of carbonyl (C=O) groups excluding carboxylic acids is 3. The molecular weight excluding hydrogens is 324 g/mol. The maximum absolute atomic E-state index is 12.0. The molecule has 0 aliphatic heterocycles. The molecular formula is C18H26N2O5. The minimum atomic E-state index is -0.446. The van der Waals surface area contributed by atoms with Gasteiger partial charge < -0.3 is 19.7 Å². The van der Waals surface area contributed by atoms with Crippen LogP contribution >= 0.6 is 0 Å². The van der Waals surface area contributed by atoms with Crippen molar-refractivity contribution in [2.75, 3.05) is 33.4 Å². The lowest BCUT2D eigenvalue weighted by atomic mass is 10.1. The second kappa shape index (κ2) is 11.1. The molecule has 0 atom stereocenters. The Labute approximate surface area is 148 Å². The minimum absolute atomic E-state index is 0.0351. The molecule has 0 heterocycles. The van der Waals surface area contributed by atoms with Crippen molar-refractivity contribution in [2.24, 2.45) is 0 Å². The molecule has 138 valence electrons. The van der Waals surface area contributed by atoms with Crippen LogP contribution in [-0.4, -0.2) is 56.0 Å². The number of likely N-dealkylation sites (N-methyl/N-ethyl adjacent to an activating group) is 2. The Bertz CT molecular complexity index is 571. The van der Waals surface area contributed by atoms with Gasteiger partial charge in [0.2, 0.25) is 5.91 Å². The van der Waals surface area contributed by atoms with Crippen molar-refractivity contribution in [1.82, 2.24) is 10.2 Å². The number of nitrogens with one attached hydrogen (secondary N) is 1. The third-order valence-corrected chi connectivity index (χ3v) is 3.58. The van der Waals surface area contributed by atoms with Crippen molar-refractivity contribution in [2.45, 2.75) is 26.7 Å². The highest BCUT2D eigenvalue weighted by Crippen LogP contribution is 2.12. The van der Waals surface area contributed by atoms with Crippen LogP contribution in [0.2, 0.25) is 0 Å². The highest BCUT2D eigenvalue weighted by atomic mass is 16.5. The molecule has 0 spiro atoms. The van der Waals surface area contributed by atoms with Crippen LogP contribution in [0.5, 0.6) is 5.75 Å². The first kappa shape index (κ1) is 20.5. The fourth-order valence-electron chi connectivity index (χ4n) is 2.15. The molecule has 25 heavy (non-hydrogen) atoms. The molecule has 0 aliphatic rings. The monoisotopic (exact) mass is 350 g/mol. The van der Waals surface area contributed by atoms with Gasteiger partial charge in [-0.15, -0.1) is 0 Å². The Balaban J connectivity index is 2.35. The second-order valence-corrected chi connectivity index (χ2v) is 5.37.